The molecule has 0 aliphatic carbocycles. The summed E-state index contributed by atoms with van der Waals surface area (Å²) in [7, 11) is 0. The first-order valence-corrected chi connectivity index (χ1v) is 8.39. The normalized spacial score (nSPS) is 21.8. The van der Waals surface area contributed by atoms with Crippen LogP contribution in [0.1, 0.15) is 12.0 Å². The van der Waals surface area contributed by atoms with Crippen molar-refractivity contribution in [2.24, 2.45) is 11.8 Å². The van der Waals surface area contributed by atoms with Crippen LogP contribution < -0.4 is 15.5 Å². The first-order valence-electron chi connectivity index (χ1n) is 7.59. The van der Waals surface area contributed by atoms with E-state index < -0.39 is 0 Å². The highest BCUT2D eigenvalue weighted by Crippen LogP contribution is 2.28. The topological polar surface area (TPSA) is 61.4 Å². The van der Waals surface area contributed by atoms with E-state index in [0.717, 1.165) is 28.8 Å². The predicted molar refractivity (Wildman–Crippen MR) is 88.7 cm³/mol. The lowest BCUT2D eigenvalue weighted by Crippen LogP contribution is -2.49. The molecule has 22 heavy (non-hydrogen) atoms. The maximum Gasteiger partial charge on any atom is 0.227 e. The molecule has 1 unspecified atom stereocenters. The van der Waals surface area contributed by atoms with E-state index in [4.69, 9.17) is 0 Å². The number of nitrogens with zero attached hydrogens (tertiary/aromatic N) is 1. The van der Waals surface area contributed by atoms with E-state index in [1.807, 2.05) is 25.1 Å². The zero-order valence-corrected chi connectivity index (χ0v) is 14.1. The number of hydrogen-bond acceptors (Lipinski definition) is 3. The van der Waals surface area contributed by atoms with Crippen LogP contribution in [0.5, 0.6) is 0 Å². The highest BCUT2D eigenvalue weighted by molar-refractivity contribution is 9.10. The minimum Gasteiger partial charge on any atom is -0.355 e. The van der Waals surface area contributed by atoms with Crippen LogP contribution in [0.2, 0.25) is 0 Å². The third-order valence-electron chi connectivity index (χ3n) is 4.38. The lowest BCUT2D eigenvalue weighted by Gasteiger charge is -2.27. The number of halogens is 1. The Hall–Kier alpha value is -1.40. The number of hydrogen-bond donors (Lipinski definition) is 2. The number of carbonyl (C=O) groups excluding carboxylic acids is 2. The molecule has 1 atom stereocenters. The Labute approximate surface area is 138 Å². The maximum absolute atomic E-state index is 12.2. The third-order valence-corrected chi connectivity index (χ3v) is 5.27. The van der Waals surface area contributed by atoms with Gasteiger partial charge in [0.05, 0.1) is 5.92 Å². The average molecular weight is 366 g/mol. The second-order valence-electron chi connectivity index (χ2n) is 6.11. The van der Waals surface area contributed by atoms with Crippen molar-refractivity contribution in [3.63, 3.8) is 0 Å². The largest absolute Gasteiger partial charge is 0.355 e. The van der Waals surface area contributed by atoms with E-state index in [1.165, 1.54) is 0 Å². The summed E-state index contributed by atoms with van der Waals surface area (Å²) in [6.07, 6.45) is 0.295. The van der Waals surface area contributed by atoms with E-state index in [2.05, 4.69) is 26.6 Å². The Morgan fingerprint density at radius 3 is 2.86 bits per heavy atom. The van der Waals surface area contributed by atoms with Crippen LogP contribution in [0.3, 0.4) is 0 Å². The van der Waals surface area contributed by atoms with Gasteiger partial charge in [0.15, 0.2) is 0 Å². The summed E-state index contributed by atoms with van der Waals surface area (Å²) in [6.45, 7) is 5.09. The minimum absolute atomic E-state index is 0.00316. The second kappa shape index (κ2) is 6.38. The highest BCUT2D eigenvalue weighted by Gasteiger charge is 2.35. The van der Waals surface area contributed by atoms with Crippen molar-refractivity contribution < 1.29 is 9.59 Å². The van der Waals surface area contributed by atoms with E-state index in [1.54, 1.807) is 4.90 Å². The van der Waals surface area contributed by atoms with Gasteiger partial charge in [0, 0.05) is 48.7 Å². The number of benzene rings is 1. The van der Waals surface area contributed by atoms with Gasteiger partial charge in [0.1, 0.15) is 0 Å². The Bertz CT molecular complexity index is 601. The van der Waals surface area contributed by atoms with Gasteiger partial charge < -0.3 is 15.5 Å². The Morgan fingerprint density at radius 2 is 2.23 bits per heavy atom. The first-order chi connectivity index (χ1) is 10.5. The molecule has 6 heteroatoms. The fraction of sp³-hybridized carbons (Fsp3) is 0.500. The quantitative estimate of drug-likeness (QED) is 0.848. The lowest BCUT2D eigenvalue weighted by atomic mass is 10.0. The van der Waals surface area contributed by atoms with Crippen LogP contribution >= 0.6 is 15.9 Å². The fourth-order valence-electron chi connectivity index (χ4n) is 2.81. The molecular formula is C16H20BrN3O2. The van der Waals surface area contributed by atoms with Crippen LogP contribution in [0.25, 0.3) is 0 Å². The number of anilines is 1. The molecule has 2 amide bonds. The fourth-order valence-corrected chi connectivity index (χ4v) is 3.06. The second-order valence-corrected chi connectivity index (χ2v) is 6.96. The van der Waals surface area contributed by atoms with Gasteiger partial charge in [-0.2, -0.15) is 0 Å². The zero-order chi connectivity index (χ0) is 15.7. The number of carbonyl (C=O) groups is 2. The molecule has 2 aliphatic heterocycles. The van der Waals surface area contributed by atoms with E-state index in [9.17, 15) is 9.59 Å². The summed E-state index contributed by atoms with van der Waals surface area (Å²) in [5.74, 6) is 0.305. The number of aryl methyl sites for hydroxylation is 1. The van der Waals surface area contributed by atoms with Gasteiger partial charge in [-0.05, 0) is 30.7 Å². The maximum atomic E-state index is 12.2. The molecule has 3 rings (SSSR count). The van der Waals surface area contributed by atoms with Gasteiger partial charge in [-0.25, -0.2) is 0 Å². The van der Waals surface area contributed by atoms with Gasteiger partial charge in [0.25, 0.3) is 0 Å². The molecule has 5 nitrogen and oxygen atoms in total. The standard InChI is InChI=1S/C16H20BrN3O2/c1-10-4-13(2-3-14(10)17)20-9-12(5-15(20)21)16(22)19-8-11-6-18-7-11/h2-4,11-12,18H,5-9H2,1H3,(H,19,22). The van der Waals surface area contributed by atoms with Crippen molar-refractivity contribution in [3.05, 3.63) is 28.2 Å². The van der Waals surface area contributed by atoms with Gasteiger partial charge >= 0.3 is 0 Å². The van der Waals surface area contributed by atoms with Crippen molar-refractivity contribution in [3.8, 4) is 0 Å². The molecule has 1 aromatic carbocycles. The van der Waals surface area contributed by atoms with Gasteiger partial charge in [0.2, 0.25) is 11.8 Å². The highest BCUT2D eigenvalue weighted by atomic mass is 79.9. The summed E-state index contributed by atoms with van der Waals surface area (Å²) in [5, 5.41) is 6.16. The van der Waals surface area contributed by atoms with Crippen molar-refractivity contribution in [1.29, 1.82) is 0 Å². The molecule has 0 aromatic heterocycles. The predicted octanol–water partition coefficient (Wildman–Crippen LogP) is 1.45. The van der Waals surface area contributed by atoms with Crippen LogP contribution in [-0.2, 0) is 9.59 Å². The van der Waals surface area contributed by atoms with Crippen LogP contribution in [0, 0.1) is 18.8 Å². The molecule has 2 heterocycles. The Kier molecular flexibility index (Phi) is 4.49. The van der Waals surface area contributed by atoms with E-state index >= 15 is 0 Å². The average Bonchev–Trinajstić information content (AvgIpc) is 2.82. The molecule has 118 valence electrons. The molecule has 2 N–H and O–H groups in total. The van der Waals surface area contributed by atoms with Crippen molar-refractivity contribution in [2.45, 2.75) is 13.3 Å². The molecule has 2 saturated heterocycles. The minimum atomic E-state index is -0.246. The Morgan fingerprint density at radius 1 is 1.45 bits per heavy atom. The Balaban J connectivity index is 1.61. The van der Waals surface area contributed by atoms with E-state index in [-0.39, 0.29) is 17.7 Å². The molecular weight excluding hydrogens is 346 g/mol. The molecule has 2 fully saturated rings. The summed E-state index contributed by atoms with van der Waals surface area (Å²) >= 11 is 3.46. The van der Waals surface area contributed by atoms with Crippen LogP contribution in [-0.4, -0.2) is 38.0 Å². The lowest BCUT2D eigenvalue weighted by molar-refractivity contribution is -0.126. The molecule has 2 aliphatic rings. The zero-order valence-electron chi connectivity index (χ0n) is 12.6. The molecule has 0 bridgehead atoms. The van der Waals surface area contributed by atoms with Gasteiger partial charge in [-0.3, -0.25) is 9.59 Å². The van der Waals surface area contributed by atoms with Crippen molar-refractivity contribution in [1.82, 2.24) is 10.6 Å². The summed E-state index contributed by atoms with van der Waals surface area (Å²) < 4.78 is 1.02. The monoisotopic (exact) mass is 365 g/mol. The van der Waals surface area contributed by atoms with Crippen molar-refractivity contribution in [2.75, 3.05) is 31.1 Å². The number of amides is 2. The summed E-state index contributed by atoms with van der Waals surface area (Å²) in [4.78, 5) is 26.1. The number of nitrogens with one attached hydrogen (secondary N) is 2. The molecule has 0 saturated carbocycles. The van der Waals surface area contributed by atoms with Gasteiger partial charge in [-0.15, -0.1) is 0 Å². The number of rotatable bonds is 4. The van der Waals surface area contributed by atoms with Gasteiger partial charge in [-0.1, -0.05) is 15.9 Å². The summed E-state index contributed by atoms with van der Waals surface area (Å²) in [6, 6.07) is 5.83. The SMILES string of the molecule is Cc1cc(N2CC(C(=O)NCC3CNC3)CC2=O)ccc1Br. The summed E-state index contributed by atoms with van der Waals surface area (Å²) in [5.41, 5.74) is 1.94. The third kappa shape index (κ3) is 3.17. The van der Waals surface area contributed by atoms with Crippen molar-refractivity contribution >= 4 is 33.4 Å². The van der Waals surface area contributed by atoms with E-state index in [0.29, 0.717) is 25.4 Å². The van der Waals surface area contributed by atoms with Crippen LogP contribution in [0.15, 0.2) is 22.7 Å². The van der Waals surface area contributed by atoms with Crippen LogP contribution in [0.4, 0.5) is 5.69 Å². The molecule has 1 aromatic rings. The molecule has 0 spiro atoms. The molecule has 0 radical (unpaired) electrons. The smallest absolute Gasteiger partial charge is 0.227 e. The first kappa shape index (κ1) is 15.5.